The summed E-state index contributed by atoms with van der Waals surface area (Å²) in [6.07, 6.45) is 1.37. The van der Waals surface area contributed by atoms with Crippen molar-refractivity contribution in [2.45, 2.75) is 19.3 Å². The zero-order chi connectivity index (χ0) is 26.7. The number of halogens is 4. The van der Waals surface area contributed by atoms with E-state index in [0.717, 1.165) is 11.9 Å². The van der Waals surface area contributed by atoms with Crippen molar-refractivity contribution in [2.24, 2.45) is 0 Å². The first kappa shape index (κ1) is 24.9. The Morgan fingerprint density at radius 3 is 2.68 bits per heavy atom. The minimum absolute atomic E-state index is 0.191. The highest BCUT2D eigenvalue weighted by Crippen LogP contribution is 2.33. The van der Waals surface area contributed by atoms with E-state index in [2.05, 4.69) is 30.6 Å². The fourth-order valence-electron chi connectivity index (χ4n) is 3.72. The summed E-state index contributed by atoms with van der Waals surface area (Å²) in [5.74, 6) is 0.156. The third-order valence-corrected chi connectivity index (χ3v) is 5.48. The number of H-pyrrole nitrogens is 1. The van der Waals surface area contributed by atoms with Crippen molar-refractivity contribution in [1.29, 1.82) is 0 Å². The van der Waals surface area contributed by atoms with Crippen molar-refractivity contribution in [1.82, 2.24) is 29.8 Å². The van der Waals surface area contributed by atoms with Crippen LogP contribution in [-0.2, 0) is 19.3 Å². The smallest absolute Gasteiger partial charge is 0.419 e. The van der Waals surface area contributed by atoms with Gasteiger partial charge in [0.2, 0.25) is 5.88 Å². The van der Waals surface area contributed by atoms with Crippen molar-refractivity contribution in [2.75, 3.05) is 5.32 Å². The molecule has 0 saturated carbocycles. The number of ether oxygens (including phenoxy) is 1. The van der Waals surface area contributed by atoms with Crippen LogP contribution in [0.1, 0.15) is 17.1 Å². The molecular weight excluding hydrogens is 506 g/mol. The first-order valence-corrected chi connectivity index (χ1v) is 11.2. The molecule has 13 heteroatoms. The second-order valence-electron chi connectivity index (χ2n) is 8.12. The number of aromatic nitrogens is 5. The molecule has 5 rings (SSSR count). The van der Waals surface area contributed by atoms with E-state index in [-0.39, 0.29) is 5.69 Å². The number of hydrogen-bond donors (Lipinski definition) is 3. The van der Waals surface area contributed by atoms with Gasteiger partial charge in [-0.05, 0) is 42.5 Å². The first-order chi connectivity index (χ1) is 18.3. The Bertz CT molecular complexity index is 1580. The lowest BCUT2D eigenvalue weighted by Crippen LogP contribution is -2.19. The number of anilines is 1. The van der Waals surface area contributed by atoms with Crippen LogP contribution >= 0.6 is 0 Å². The maximum absolute atomic E-state index is 13.5. The van der Waals surface area contributed by atoms with Gasteiger partial charge in [0, 0.05) is 42.3 Å². The monoisotopic (exact) mass is 525 g/mol. The number of nitrogens with one attached hydrogen (secondary N) is 3. The average Bonchev–Trinajstić information content (AvgIpc) is 3.55. The molecule has 0 unspecified atom stereocenters. The highest BCUT2D eigenvalue weighted by Gasteiger charge is 2.34. The Kier molecular flexibility index (Phi) is 6.75. The van der Waals surface area contributed by atoms with Gasteiger partial charge in [-0.25, -0.2) is 24.1 Å². The molecule has 0 fully saturated rings. The molecular formula is C25H19F4N7O2. The number of amides is 1. The molecule has 3 aromatic heterocycles. The van der Waals surface area contributed by atoms with Gasteiger partial charge >= 0.3 is 12.2 Å². The average molecular weight is 525 g/mol. The van der Waals surface area contributed by atoms with Gasteiger partial charge in [-0.3, -0.25) is 4.57 Å². The Hall–Kier alpha value is -4.78. The summed E-state index contributed by atoms with van der Waals surface area (Å²) in [6.45, 7) is 1.01. The van der Waals surface area contributed by atoms with Gasteiger partial charge in [-0.15, -0.1) is 0 Å². The predicted octanol–water partition coefficient (Wildman–Crippen LogP) is 5.47. The second-order valence-corrected chi connectivity index (χ2v) is 8.12. The Labute approximate surface area is 212 Å². The van der Waals surface area contributed by atoms with Crippen LogP contribution in [0.25, 0.3) is 10.9 Å². The molecule has 1 amide bonds. The third-order valence-electron chi connectivity index (χ3n) is 5.48. The summed E-state index contributed by atoms with van der Waals surface area (Å²) >= 11 is 0. The number of aromatic amines is 1. The summed E-state index contributed by atoms with van der Waals surface area (Å²) in [6, 6.07) is 9.84. The van der Waals surface area contributed by atoms with Crippen LogP contribution in [-0.4, -0.2) is 30.5 Å². The highest BCUT2D eigenvalue weighted by molar-refractivity contribution is 5.98. The van der Waals surface area contributed by atoms with E-state index in [1.165, 1.54) is 17.1 Å². The third kappa shape index (κ3) is 5.62. The standard InChI is InChI=1S/C25H19F4N7O2/c26-20-3-1-16(10-19(20)25(27,28)29)35-24(37)36-8-5-15-9-18(2-4-21(15)36)38-23-11-17(33-14-34-23)12-30-13-22-31-6-7-32-22/h1-11,14,30H,12-13H2,(H,31,32)(H,35,37). The largest absolute Gasteiger partial charge is 0.439 e. The van der Waals surface area contributed by atoms with Crippen LogP contribution in [0, 0.1) is 5.82 Å². The van der Waals surface area contributed by atoms with E-state index in [1.54, 1.807) is 42.7 Å². The minimum Gasteiger partial charge on any atom is -0.439 e. The van der Waals surface area contributed by atoms with Crippen LogP contribution in [0.4, 0.5) is 28.0 Å². The summed E-state index contributed by atoms with van der Waals surface area (Å²) in [5, 5.41) is 6.21. The molecule has 3 N–H and O–H groups in total. The number of rotatable bonds is 7. The van der Waals surface area contributed by atoms with E-state index >= 15 is 0 Å². The number of benzene rings is 2. The fraction of sp³-hybridized carbons (Fsp3) is 0.120. The predicted molar refractivity (Wildman–Crippen MR) is 129 cm³/mol. The normalized spacial score (nSPS) is 11.6. The molecule has 0 atom stereocenters. The van der Waals surface area contributed by atoms with Crippen LogP contribution in [0.5, 0.6) is 11.6 Å². The van der Waals surface area contributed by atoms with Gasteiger partial charge in [0.05, 0.1) is 23.3 Å². The van der Waals surface area contributed by atoms with Crippen molar-refractivity contribution in [3.05, 3.63) is 96.3 Å². The molecule has 2 aromatic carbocycles. The number of carbonyl (C=O) groups is 1. The van der Waals surface area contributed by atoms with Crippen molar-refractivity contribution >= 4 is 22.6 Å². The number of imidazole rings is 1. The lowest BCUT2D eigenvalue weighted by molar-refractivity contribution is -0.139. The lowest BCUT2D eigenvalue weighted by Gasteiger charge is -2.12. The van der Waals surface area contributed by atoms with Gasteiger partial charge in [0.25, 0.3) is 0 Å². The molecule has 0 radical (unpaired) electrons. The Morgan fingerprint density at radius 1 is 1.03 bits per heavy atom. The second kappa shape index (κ2) is 10.3. The number of alkyl halides is 3. The molecule has 194 valence electrons. The fourth-order valence-corrected chi connectivity index (χ4v) is 3.72. The molecule has 0 aliphatic heterocycles. The van der Waals surface area contributed by atoms with E-state index in [1.807, 2.05) is 0 Å². The maximum Gasteiger partial charge on any atom is 0.419 e. The molecule has 3 heterocycles. The Balaban J connectivity index is 1.26. The van der Waals surface area contributed by atoms with Crippen molar-refractivity contribution < 1.29 is 27.1 Å². The van der Waals surface area contributed by atoms with Crippen LogP contribution in [0.2, 0.25) is 0 Å². The summed E-state index contributed by atoms with van der Waals surface area (Å²) < 4.78 is 59.6. The number of carbonyl (C=O) groups excluding carboxylic acids is 1. The molecule has 38 heavy (non-hydrogen) atoms. The first-order valence-electron chi connectivity index (χ1n) is 11.2. The molecule has 5 aromatic rings. The topological polar surface area (TPSA) is 110 Å². The van der Waals surface area contributed by atoms with Gasteiger partial charge in [-0.1, -0.05) is 0 Å². The minimum atomic E-state index is -4.89. The zero-order valence-corrected chi connectivity index (χ0v) is 19.5. The van der Waals surface area contributed by atoms with Crippen molar-refractivity contribution in [3.63, 3.8) is 0 Å². The number of hydrogen-bond acceptors (Lipinski definition) is 6. The molecule has 0 bridgehead atoms. The lowest BCUT2D eigenvalue weighted by atomic mass is 10.2. The molecule has 9 nitrogen and oxygen atoms in total. The summed E-state index contributed by atoms with van der Waals surface area (Å²) in [4.78, 5) is 28.2. The summed E-state index contributed by atoms with van der Waals surface area (Å²) in [7, 11) is 0. The molecule has 0 aliphatic carbocycles. The summed E-state index contributed by atoms with van der Waals surface area (Å²) in [5.41, 5.74) is -0.460. The van der Waals surface area contributed by atoms with Crippen LogP contribution in [0.15, 0.2) is 73.4 Å². The van der Waals surface area contributed by atoms with E-state index in [0.29, 0.717) is 53.4 Å². The SMILES string of the molecule is O=C(Nc1ccc(F)c(C(F)(F)F)c1)n1ccc2cc(Oc3cc(CNCc4ncc[nH]4)ncn3)ccc21. The van der Waals surface area contributed by atoms with Gasteiger partial charge in [-0.2, -0.15) is 13.2 Å². The van der Waals surface area contributed by atoms with Gasteiger partial charge in [0.1, 0.15) is 23.7 Å². The van der Waals surface area contributed by atoms with Gasteiger partial charge < -0.3 is 20.4 Å². The highest BCUT2D eigenvalue weighted by atomic mass is 19.4. The van der Waals surface area contributed by atoms with E-state index < -0.39 is 23.6 Å². The van der Waals surface area contributed by atoms with Gasteiger partial charge in [0.15, 0.2) is 0 Å². The zero-order valence-electron chi connectivity index (χ0n) is 19.5. The number of nitrogens with zero attached hydrogens (tertiary/aromatic N) is 4. The maximum atomic E-state index is 13.5. The Morgan fingerprint density at radius 2 is 1.89 bits per heavy atom. The molecule has 0 aliphatic rings. The quantitative estimate of drug-likeness (QED) is 0.243. The van der Waals surface area contributed by atoms with Crippen LogP contribution in [0.3, 0.4) is 0 Å². The number of fused-ring (bicyclic) bond motifs is 1. The van der Waals surface area contributed by atoms with Crippen molar-refractivity contribution in [3.8, 4) is 11.6 Å². The van der Waals surface area contributed by atoms with Crippen LogP contribution < -0.4 is 15.4 Å². The van der Waals surface area contributed by atoms with E-state index in [4.69, 9.17) is 4.74 Å². The molecule has 0 saturated heterocycles. The van der Waals surface area contributed by atoms with E-state index in [9.17, 15) is 22.4 Å². The molecule has 0 spiro atoms.